The number of benzene rings is 1. The van der Waals surface area contributed by atoms with E-state index in [1.165, 1.54) is 13.4 Å². The fourth-order valence-corrected chi connectivity index (χ4v) is 3.53. The van der Waals surface area contributed by atoms with Crippen molar-refractivity contribution in [3.63, 3.8) is 0 Å². The number of aliphatic hydroxyl groups is 2. The fraction of sp³-hybridized carbons (Fsp3) is 0.368. The predicted octanol–water partition coefficient (Wildman–Crippen LogP) is -0.225. The molecule has 0 bridgehead atoms. The third kappa shape index (κ3) is 3.43. The van der Waals surface area contributed by atoms with Crippen molar-refractivity contribution in [2.45, 2.75) is 31.4 Å². The lowest BCUT2D eigenvalue weighted by molar-refractivity contribution is -0.0440. The molecular weight excluding hydrogens is 392 g/mol. The van der Waals surface area contributed by atoms with Crippen molar-refractivity contribution in [3.05, 3.63) is 42.0 Å². The lowest BCUT2D eigenvalue weighted by Crippen LogP contribution is -2.46. The van der Waals surface area contributed by atoms with Gasteiger partial charge in [-0.1, -0.05) is 6.07 Å². The summed E-state index contributed by atoms with van der Waals surface area (Å²) in [5.74, 6) is 0.750. The Morgan fingerprint density at radius 1 is 1.40 bits per heavy atom. The van der Waals surface area contributed by atoms with Gasteiger partial charge in [-0.2, -0.15) is 0 Å². The summed E-state index contributed by atoms with van der Waals surface area (Å²) in [5, 5.41) is 23.1. The zero-order valence-corrected chi connectivity index (χ0v) is 16.4. The Bertz CT molecular complexity index is 1090. The Kier molecular flexibility index (Phi) is 5.24. The molecule has 1 fully saturated rings. The van der Waals surface area contributed by atoms with Gasteiger partial charge in [0.2, 0.25) is 0 Å². The van der Waals surface area contributed by atoms with E-state index >= 15 is 0 Å². The number of imidazole rings is 1. The van der Waals surface area contributed by atoms with E-state index in [0.29, 0.717) is 28.3 Å². The van der Waals surface area contributed by atoms with Gasteiger partial charge in [0.05, 0.1) is 20.0 Å². The van der Waals surface area contributed by atoms with Gasteiger partial charge in [-0.25, -0.2) is 15.0 Å². The van der Waals surface area contributed by atoms with Gasteiger partial charge in [0.25, 0.3) is 5.91 Å². The van der Waals surface area contributed by atoms with Crippen molar-refractivity contribution < 1.29 is 24.5 Å². The standard InChI is InChI=1S/C19H22N6O5/c1-9-22-16(20)14-17(23-9)25(8-21-14)19-13(15(27)12(7-26)30-19)24-18(28)10-4-3-5-11(6-10)29-2/h3-6,8,12-13,15,19,26-27H,7H2,1-2H3,(H,24,28)(H2,20,22,23)/t12-,13-,15-,19-/m1/s1. The lowest BCUT2D eigenvalue weighted by Gasteiger charge is -2.23. The molecule has 0 radical (unpaired) electrons. The molecular formula is C19H22N6O5. The lowest BCUT2D eigenvalue weighted by atomic mass is 10.1. The molecule has 5 N–H and O–H groups in total. The number of aromatic nitrogens is 4. The summed E-state index contributed by atoms with van der Waals surface area (Å²) < 4.78 is 12.6. The topological polar surface area (TPSA) is 158 Å². The fourth-order valence-electron chi connectivity index (χ4n) is 3.53. The van der Waals surface area contributed by atoms with Gasteiger partial charge in [-0.05, 0) is 25.1 Å². The van der Waals surface area contributed by atoms with Gasteiger partial charge in [0.15, 0.2) is 17.7 Å². The normalized spacial score (nSPS) is 23.6. The third-order valence-electron chi connectivity index (χ3n) is 5.01. The van der Waals surface area contributed by atoms with Crippen LogP contribution < -0.4 is 15.8 Å². The molecule has 0 unspecified atom stereocenters. The molecule has 1 aromatic carbocycles. The van der Waals surface area contributed by atoms with Crippen LogP contribution in [0.2, 0.25) is 0 Å². The van der Waals surface area contributed by atoms with Crippen molar-refractivity contribution in [3.8, 4) is 5.75 Å². The van der Waals surface area contributed by atoms with E-state index in [-0.39, 0.29) is 5.82 Å². The first-order chi connectivity index (χ1) is 14.4. The van der Waals surface area contributed by atoms with Crippen LogP contribution in [0.1, 0.15) is 22.4 Å². The van der Waals surface area contributed by atoms with Crippen LogP contribution in [0.3, 0.4) is 0 Å². The van der Waals surface area contributed by atoms with Crippen molar-refractivity contribution in [1.82, 2.24) is 24.8 Å². The summed E-state index contributed by atoms with van der Waals surface area (Å²) in [4.78, 5) is 25.5. The van der Waals surface area contributed by atoms with Crippen LogP contribution in [-0.2, 0) is 4.74 Å². The van der Waals surface area contributed by atoms with Gasteiger partial charge >= 0.3 is 0 Å². The molecule has 2 aromatic heterocycles. The zero-order chi connectivity index (χ0) is 21.4. The third-order valence-corrected chi connectivity index (χ3v) is 5.01. The molecule has 158 valence electrons. The molecule has 11 nitrogen and oxygen atoms in total. The molecule has 3 heterocycles. The first-order valence-electron chi connectivity index (χ1n) is 9.29. The van der Waals surface area contributed by atoms with Crippen LogP contribution in [0.25, 0.3) is 11.2 Å². The average Bonchev–Trinajstić information content (AvgIpc) is 3.29. The van der Waals surface area contributed by atoms with Gasteiger partial charge in [-0.15, -0.1) is 0 Å². The van der Waals surface area contributed by atoms with E-state index in [2.05, 4.69) is 20.3 Å². The van der Waals surface area contributed by atoms with E-state index in [1.807, 2.05) is 0 Å². The molecule has 1 aliphatic heterocycles. The molecule has 11 heteroatoms. The number of aliphatic hydroxyl groups excluding tert-OH is 2. The second-order valence-electron chi connectivity index (χ2n) is 6.95. The number of methoxy groups -OCH3 is 1. The summed E-state index contributed by atoms with van der Waals surface area (Å²) in [6.45, 7) is 1.27. The van der Waals surface area contributed by atoms with Crippen molar-refractivity contribution in [1.29, 1.82) is 0 Å². The largest absolute Gasteiger partial charge is 0.497 e. The van der Waals surface area contributed by atoms with Crippen LogP contribution >= 0.6 is 0 Å². The molecule has 1 aliphatic rings. The molecule has 1 amide bonds. The number of ether oxygens (including phenoxy) is 2. The van der Waals surface area contributed by atoms with E-state index in [0.717, 1.165) is 0 Å². The Hall–Kier alpha value is -3.28. The minimum Gasteiger partial charge on any atom is -0.497 e. The molecule has 3 aromatic rings. The van der Waals surface area contributed by atoms with E-state index in [1.54, 1.807) is 35.8 Å². The van der Waals surface area contributed by atoms with Gasteiger partial charge in [0, 0.05) is 5.56 Å². The number of nitrogen functional groups attached to an aromatic ring is 1. The number of rotatable bonds is 5. The maximum atomic E-state index is 12.8. The molecule has 0 spiro atoms. The number of nitrogens with two attached hydrogens (primary N) is 1. The number of carbonyl (C=O) groups excluding carboxylic acids is 1. The monoisotopic (exact) mass is 414 g/mol. The summed E-state index contributed by atoms with van der Waals surface area (Å²) in [6.07, 6.45) is -1.47. The number of anilines is 1. The van der Waals surface area contributed by atoms with Crippen LogP contribution in [0.5, 0.6) is 5.75 Å². The first-order valence-corrected chi connectivity index (χ1v) is 9.29. The quantitative estimate of drug-likeness (QED) is 0.443. The highest BCUT2D eigenvalue weighted by Crippen LogP contribution is 2.32. The van der Waals surface area contributed by atoms with Crippen LogP contribution in [0.15, 0.2) is 30.6 Å². The predicted molar refractivity (Wildman–Crippen MR) is 106 cm³/mol. The van der Waals surface area contributed by atoms with Gasteiger partial charge in [0.1, 0.15) is 35.3 Å². The number of fused-ring (bicyclic) bond motifs is 1. The maximum Gasteiger partial charge on any atom is 0.251 e. The Morgan fingerprint density at radius 3 is 2.93 bits per heavy atom. The second-order valence-corrected chi connectivity index (χ2v) is 6.95. The van der Waals surface area contributed by atoms with E-state index in [4.69, 9.17) is 15.2 Å². The van der Waals surface area contributed by atoms with Gasteiger partial charge < -0.3 is 30.7 Å². The summed E-state index contributed by atoms with van der Waals surface area (Å²) in [7, 11) is 1.51. The van der Waals surface area contributed by atoms with Crippen LogP contribution in [0.4, 0.5) is 5.82 Å². The van der Waals surface area contributed by atoms with Crippen molar-refractivity contribution in [2.24, 2.45) is 0 Å². The molecule has 0 saturated carbocycles. The number of hydrogen-bond donors (Lipinski definition) is 4. The minimum absolute atomic E-state index is 0.213. The SMILES string of the molecule is COc1cccc(C(=O)N[C@@H]2[C@H](O)[C@@H](CO)O[C@H]2n2cnc3c(N)nc(C)nc32)c1. The molecule has 1 saturated heterocycles. The highest BCUT2D eigenvalue weighted by molar-refractivity contribution is 5.94. The Labute approximate surface area is 171 Å². The number of hydrogen-bond acceptors (Lipinski definition) is 9. The van der Waals surface area contributed by atoms with Crippen molar-refractivity contribution >= 4 is 22.9 Å². The summed E-state index contributed by atoms with van der Waals surface area (Å²) in [6, 6.07) is 5.74. The number of nitrogens with one attached hydrogen (secondary N) is 1. The Balaban J connectivity index is 1.69. The molecule has 0 aliphatic carbocycles. The molecule has 4 atom stereocenters. The summed E-state index contributed by atoms with van der Waals surface area (Å²) >= 11 is 0. The average molecular weight is 414 g/mol. The van der Waals surface area contributed by atoms with E-state index in [9.17, 15) is 15.0 Å². The second kappa shape index (κ2) is 7.86. The number of carbonyl (C=O) groups is 1. The van der Waals surface area contributed by atoms with Gasteiger partial charge in [-0.3, -0.25) is 9.36 Å². The number of nitrogens with zero attached hydrogens (tertiary/aromatic N) is 4. The maximum absolute atomic E-state index is 12.8. The highest BCUT2D eigenvalue weighted by atomic mass is 16.5. The smallest absolute Gasteiger partial charge is 0.251 e. The molecule has 30 heavy (non-hydrogen) atoms. The van der Waals surface area contributed by atoms with Crippen molar-refractivity contribution in [2.75, 3.05) is 19.5 Å². The number of amides is 1. The minimum atomic E-state index is -1.16. The Morgan fingerprint density at radius 2 is 2.20 bits per heavy atom. The van der Waals surface area contributed by atoms with Crippen LogP contribution in [0, 0.1) is 6.92 Å². The highest BCUT2D eigenvalue weighted by Gasteiger charge is 2.46. The zero-order valence-electron chi connectivity index (χ0n) is 16.4. The van der Waals surface area contributed by atoms with E-state index < -0.39 is 37.0 Å². The summed E-state index contributed by atoms with van der Waals surface area (Å²) in [5.41, 5.74) is 7.06. The molecule has 4 rings (SSSR count). The van der Waals surface area contributed by atoms with Crippen LogP contribution in [-0.4, -0.2) is 67.6 Å². The number of aryl methyl sites for hydroxylation is 1. The first kappa shape index (κ1) is 20.0.